The molecule has 3 nitrogen and oxygen atoms in total. The Morgan fingerprint density at radius 3 is 2.95 bits per heavy atom. The molecule has 1 aliphatic heterocycles. The normalized spacial score (nSPS) is 25.6. The molecule has 0 amide bonds. The number of nitrogens with two attached hydrogens (primary N) is 1. The van der Waals surface area contributed by atoms with Crippen molar-refractivity contribution in [3.63, 3.8) is 0 Å². The van der Waals surface area contributed by atoms with Gasteiger partial charge < -0.3 is 4.74 Å². The molecule has 2 fully saturated rings. The van der Waals surface area contributed by atoms with Crippen LogP contribution in [0.5, 0.6) is 0 Å². The highest BCUT2D eigenvalue weighted by Crippen LogP contribution is 2.45. The number of ether oxygens (including phenoxy) is 1. The van der Waals surface area contributed by atoms with Crippen molar-refractivity contribution in [2.45, 2.75) is 50.2 Å². The molecular weight excluding hydrogens is 291 g/mol. The van der Waals surface area contributed by atoms with Gasteiger partial charge in [-0.05, 0) is 56.1 Å². The average Bonchev–Trinajstić information content (AvgIpc) is 2.47. The summed E-state index contributed by atoms with van der Waals surface area (Å²) < 4.78 is 20.0. The summed E-state index contributed by atoms with van der Waals surface area (Å²) in [4.78, 5) is 0. The van der Waals surface area contributed by atoms with Crippen LogP contribution in [0.2, 0.25) is 5.02 Å². The third-order valence-corrected chi connectivity index (χ3v) is 5.34. The molecule has 1 saturated carbocycles. The van der Waals surface area contributed by atoms with Crippen molar-refractivity contribution < 1.29 is 9.13 Å². The molecule has 1 aromatic rings. The molecule has 21 heavy (non-hydrogen) atoms. The van der Waals surface area contributed by atoms with Crippen LogP contribution < -0.4 is 11.3 Å². The minimum Gasteiger partial charge on any atom is -0.375 e. The number of nitrogens with one attached hydrogen (secondary N) is 1. The van der Waals surface area contributed by atoms with E-state index in [1.807, 2.05) is 0 Å². The van der Waals surface area contributed by atoms with E-state index in [-0.39, 0.29) is 22.5 Å². The van der Waals surface area contributed by atoms with Crippen molar-refractivity contribution >= 4 is 11.6 Å². The molecule has 5 heteroatoms. The van der Waals surface area contributed by atoms with Gasteiger partial charge in [-0.2, -0.15) is 0 Å². The van der Waals surface area contributed by atoms with Crippen molar-refractivity contribution in [2.24, 2.45) is 11.8 Å². The highest BCUT2D eigenvalue weighted by molar-refractivity contribution is 6.30. The Morgan fingerprint density at radius 2 is 2.29 bits per heavy atom. The molecule has 3 rings (SSSR count). The van der Waals surface area contributed by atoms with Gasteiger partial charge in [-0.15, -0.1) is 0 Å². The maximum atomic E-state index is 14.1. The molecule has 0 aromatic heterocycles. The second-order valence-electron chi connectivity index (χ2n) is 6.33. The molecule has 3 N–H and O–H groups in total. The van der Waals surface area contributed by atoms with Crippen LogP contribution in [0.25, 0.3) is 0 Å². The molecule has 2 aliphatic rings. The highest BCUT2D eigenvalue weighted by Gasteiger charge is 2.44. The summed E-state index contributed by atoms with van der Waals surface area (Å²) in [6.07, 6.45) is 6.08. The second-order valence-corrected chi connectivity index (χ2v) is 6.74. The summed E-state index contributed by atoms with van der Waals surface area (Å²) >= 11 is 5.86. The quantitative estimate of drug-likeness (QED) is 0.663. The third kappa shape index (κ3) is 3.09. The lowest BCUT2D eigenvalue weighted by Crippen LogP contribution is -2.52. The van der Waals surface area contributed by atoms with Gasteiger partial charge in [0.05, 0.1) is 10.6 Å². The second kappa shape index (κ2) is 6.21. The number of hydrazine groups is 1. The van der Waals surface area contributed by atoms with E-state index >= 15 is 0 Å². The van der Waals surface area contributed by atoms with Gasteiger partial charge in [-0.25, -0.2) is 4.39 Å². The van der Waals surface area contributed by atoms with Crippen LogP contribution in [-0.4, -0.2) is 18.2 Å². The van der Waals surface area contributed by atoms with Crippen LogP contribution in [0.3, 0.4) is 0 Å². The van der Waals surface area contributed by atoms with Crippen molar-refractivity contribution in [3.05, 3.63) is 34.6 Å². The standard InChI is InChI=1S/C16H22ClFN2O/c17-13-4-1-3-11(15(13)18)9-14(20-19)12-5-8-21-16(10-12)6-2-7-16/h1,3-4,12,14,20H,2,5-10,19H2. The number of rotatable bonds is 4. The SMILES string of the molecule is NNC(Cc1cccc(Cl)c1F)C1CCOC2(CCC2)C1. The smallest absolute Gasteiger partial charge is 0.145 e. The Labute approximate surface area is 130 Å². The zero-order valence-corrected chi connectivity index (χ0v) is 12.8. The first kappa shape index (κ1) is 15.2. The van der Waals surface area contributed by atoms with Gasteiger partial charge >= 0.3 is 0 Å². The number of benzene rings is 1. The summed E-state index contributed by atoms with van der Waals surface area (Å²) in [5.74, 6) is 5.83. The van der Waals surface area contributed by atoms with E-state index in [4.69, 9.17) is 22.2 Å². The molecule has 0 bridgehead atoms. The summed E-state index contributed by atoms with van der Waals surface area (Å²) in [6, 6.07) is 5.19. The van der Waals surface area contributed by atoms with Crippen molar-refractivity contribution in [1.29, 1.82) is 0 Å². The van der Waals surface area contributed by atoms with Crippen LogP contribution in [-0.2, 0) is 11.2 Å². The lowest BCUT2D eigenvalue weighted by molar-refractivity contribution is -0.147. The van der Waals surface area contributed by atoms with Crippen LogP contribution in [0.15, 0.2) is 18.2 Å². The number of hydrogen-bond acceptors (Lipinski definition) is 3. The fourth-order valence-corrected chi connectivity index (χ4v) is 3.83. The van der Waals surface area contributed by atoms with E-state index < -0.39 is 0 Å². The zero-order valence-electron chi connectivity index (χ0n) is 12.1. The summed E-state index contributed by atoms with van der Waals surface area (Å²) in [5.41, 5.74) is 3.59. The van der Waals surface area contributed by atoms with E-state index in [1.165, 1.54) is 6.42 Å². The predicted octanol–water partition coefficient (Wildman–Crippen LogP) is 3.20. The molecule has 1 spiro atoms. The van der Waals surface area contributed by atoms with E-state index in [0.717, 1.165) is 32.3 Å². The maximum absolute atomic E-state index is 14.1. The van der Waals surface area contributed by atoms with E-state index in [9.17, 15) is 4.39 Å². The molecule has 2 unspecified atom stereocenters. The number of halogens is 2. The molecule has 1 heterocycles. The van der Waals surface area contributed by atoms with Crippen LogP contribution >= 0.6 is 11.6 Å². The molecule has 116 valence electrons. The van der Waals surface area contributed by atoms with Gasteiger partial charge in [0.25, 0.3) is 0 Å². The Bertz CT molecular complexity index is 507. The first-order valence-corrected chi connectivity index (χ1v) is 8.04. The Morgan fingerprint density at radius 1 is 1.48 bits per heavy atom. The van der Waals surface area contributed by atoms with Gasteiger partial charge in [0.15, 0.2) is 0 Å². The van der Waals surface area contributed by atoms with Gasteiger partial charge in [0.2, 0.25) is 0 Å². The monoisotopic (exact) mass is 312 g/mol. The fourth-order valence-electron chi connectivity index (χ4n) is 3.63. The van der Waals surface area contributed by atoms with Gasteiger partial charge in [0, 0.05) is 12.6 Å². The minimum atomic E-state index is -0.329. The van der Waals surface area contributed by atoms with Crippen molar-refractivity contribution in [3.8, 4) is 0 Å². The third-order valence-electron chi connectivity index (χ3n) is 5.05. The first-order chi connectivity index (χ1) is 10.1. The van der Waals surface area contributed by atoms with Crippen molar-refractivity contribution in [2.75, 3.05) is 6.61 Å². The predicted molar refractivity (Wildman–Crippen MR) is 81.5 cm³/mol. The largest absolute Gasteiger partial charge is 0.375 e. The van der Waals surface area contributed by atoms with Crippen LogP contribution in [0, 0.1) is 11.7 Å². The van der Waals surface area contributed by atoms with Crippen LogP contribution in [0.1, 0.15) is 37.7 Å². The molecule has 2 atom stereocenters. The average molecular weight is 313 g/mol. The minimum absolute atomic E-state index is 0.0549. The fraction of sp³-hybridized carbons (Fsp3) is 0.625. The molecule has 1 aromatic carbocycles. The Balaban J connectivity index is 1.71. The van der Waals surface area contributed by atoms with E-state index in [0.29, 0.717) is 17.9 Å². The van der Waals surface area contributed by atoms with Gasteiger partial charge in [-0.3, -0.25) is 11.3 Å². The first-order valence-electron chi connectivity index (χ1n) is 7.66. The summed E-state index contributed by atoms with van der Waals surface area (Å²) in [7, 11) is 0. The van der Waals surface area contributed by atoms with Crippen LogP contribution in [0.4, 0.5) is 4.39 Å². The topological polar surface area (TPSA) is 47.3 Å². The van der Waals surface area contributed by atoms with E-state index in [2.05, 4.69) is 5.43 Å². The Hall–Kier alpha value is -0.680. The van der Waals surface area contributed by atoms with Gasteiger partial charge in [0.1, 0.15) is 5.82 Å². The molecule has 0 radical (unpaired) electrons. The lowest BCUT2D eigenvalue weighted by atomic mass is 9.70. The van der Waals surface area contributed by atoms with E-state index in [1.54, 1.807) is 18.2 Å². The summed E-state index contributed by atoms with van der Waals surface area (Å²) in [6.45, 7) is 0.779. The summed E-state index contributed by atoms with van der Waals surface area (Å²) in [5, 5.41) is 0.172. The maximum Gasteiger partial charge on any atom is 0.145 e. The lowest BCUT2D eigenvalue weighted by Gasteiger charge is -2.48. The van der Waals surface area contributed by atoms with Crippen molar-refractivity contribution in [1.82, 2.24) is 5.43 Å². The van der Waals surface area contributed by atoms with Gasteiger partial charge in [-0.1, -0.05) is 23.7 Å². The Kier molecular flexibility index (Phi) is 4.50. The number of hydrogen-bond donors (Lipinski definition) is 2. The molecule has 1 aliphatic carbocycles. The molecule has 1 saturated heterocycles. The molecular formula is C16H22ClFN2O. The highest BCUT2D eigenvalue weighted by atomic mass is 35.5. The zero-order chi connectivity index (χ0) is 14.9.